The molecule has 11 heteroatoms. The summed E-state index contributed by atoms with van der Waals surface area (Å²) < 4.78 is 18.9. The second kappa shape index (κ2) is 12.7. The summed E-state index contributed by atoms with van der Waals surface area (Å²) in [6, 6.07) is 0.196. The van der Waals surface area contributed by atoms with Gasteiger partial charge in [0.1, 0.15) is 12.8 Å². The molecule has 3 rings (SSSR count). The number of unbranched alkanes of at least 4 members (excludes halogenated alkanes) is 2. The van der Waals surface area contributed by atoms with Crippen molar-refractivity contribution in [2.45, 2.75) is 90.4 Å². The topological polar surface area (TPSA) is 146 Å². The van der Waals surface area contributed by atoms with Crippen molar-refractivity contribution in [3.63, 3.8) is 0 Å². The van der Waals surface area contributed by atoms with Gasteiger partial charge >= 0.3 is 0 Å². The molecule has 1 amide bonds. The first-order valence-electron chi connectivity index (χ1n) is 11.9. The van der Waals surface area contributed by atoms with Gasteiger partial charge in [-0.3, -0.25) is 19.1 Å². The van der Waals surface area contributed by atoms with Crippen LogP contribution in [0.25, 0.3) is 11.2 Å². The van der Waals surface area contributed by atoms with E-state index in [9.17, 15) is 9.59 Å². The van der Waals surface area contributed by atoms with Crippen molar-refractivity contribution in [2.75, 3.05) is 18.9 Å². The van der Waals surface area contributed by atoms with Crippen LogP contribution in [-0.4, -0.2) is 57.1 Å². The molecule has 0 spiro atoms. The number of H-pyrrole nitrogens is 1. The van der Waals surface area contributed by atoms with Gasteiger partial charge in [-0.15, -0.1) is 0 Å². The molecule has 0 aromatic carbocycles. The average molecular weight is 465 g/mol. The molecule has 2 aromatic rings. The molecule has 0 saturated carbocycles. The smallest absolute Gasteiger partial charge is 0.280 e. The van der Waals surface area contributed by atoms with Gasteiger partial charge in [-0.25, -0.2) is 4.98 Å². The minimum absolute atomic E-state index is 0.0249. The molecule has 1 aliphatic rings. The molecule has 184 valence electrons. The summed E-state index contributed by atoms with van der Waals surface area (Å²) in [4.78, 5) is 35.0. The number of carbonyl (C=O) groups is 1. The number of rotatable bonds is 13. The standard InChI is InChI=1S/C22H36N6O5/c1-3-5-6-8-15(4-2)25-20(29)16-9-7-10-17(33-16)32-12-11-31-14-28-13-24-18-19(28)26-22(23)27-21(18)30/h13,15-17H,3-12,14H2,1-2H3,(H,25,29)(H3,23,26,27,30). The number of aromatic amines is 1. The number of ether oxygens (including phenoxy) is 3. The predicted octanol–water partition coefficient (Wildman–Crippen LogP) is 2.06. The van der Waals surface area contributed by atoms with Gasteiger partial charge in [0, 0.05) is 6.04 Å². The number of nitrogens with two attached hydrogens (primary N) is 1. The largest absolute Gasteiger partial charge is 0.369 e. The van der Waals surface area contributed by atoms with Gasteiger partial charge in [0.15, 0.2) is 17.5 Å². The number of hydrogen-bond acceptors (Lipinski definition) is 8. The second-order valence-electron chi connectivity index (χ2n) is 8.34. The highest BCUT2D eigenvalue weighted by Gasteiger charge is 2.29. The van der Waals surface area contributed by atoms with E-state index in [1.807, 2.05) is 0 Å². The van der Waals surface area contributed by atoms with Crippen molar-refractivity contribution in [1.82, 2.24) is 24.8 Å². The Balaban J connectivity index is 1.38. The summed E-state index contributed by atoms with van der Waals surface area (Å²) in [6.45, 7) is 5.06. The Morgan fingerprint density at radius 1 is 1.36 bits per heavy atom. The van der Waals surface area contributed by atoms with Crippen LogP contribution >= 0.6 is 0 Å². The first-order chi connectivity index (χ1) is 16.0. The molecule has 2 aromatic heterocycles. The maximum atomic E-state index is 12.6. The summed E-state index contributed by atoms with van der Waals surface area (Å²) in [6.07, 6.45) is 8.31. The molecule has 0 bridgehead atoms. The minimum atomic E-state index is -0.475. The van der Waals surface area contributed by atoms with Crippen molar-refractivity contribution >= 4 is 23.0 Å². The highest BCUT2D eigenvalue weighted by molar-refractivity contribution is 5.81. The van der Waals surface area contributed by atoms with E-state index in [1.165, 1.54) is 19.2 Å². The summed E-state index contributed by atoms with van der Waals surface area (Å²) in [5.41, 5.74) is 5.78. The number of carbonyl (C=O) groups excluding carboxylic acids is 1. The lowest BCUT2D eigenvalue weighted by Crippen LogP contribution is -2.45. The van der Waals surface area contributed by atoms with Crippen molar-refractivity contribution in [1.29, 1.82) is 0 Å². The Hall–Kier alpha value is -2.50. The number of nitrogens with one attached hydrogen (secondary N) is 2. The zero-order chi connectivity index (χ0) is 23.6. The Bertz CT molecular complexity index is 945. The average Bonchev–Trinajstić information content (AvgIpc) is 3.21. The third-order valence-electron chi connectivity index (χ3n) is 5.76. The van der Waals surface area contributed by atoms with Crippen LogP contribution < -0.4 is 16.6 Å². The number of amides is 1. The lowest BCUT2D eigenvalue weighted by molar-refractivity contribution is -0.202. The van der Waals surface area contributed by atoms with Gasteiger partial charge < -0.3 is 25.3 Å². The van der Waals surface area contributed by atoms with E-state index in [1.54, 1.807) is 4.57 Å². The van der Waals surface area contributed by atoms with Gasteiger partial charge in [-0.1, -0.05) is 33.1 Å². The van der Waals surface area contributed by atoms with Crippen molar-refractivity contribution in [2.24, 2.45) is 0 Å². The number of aromatic nitrogens is 4. The molecule has 3 atom stereocenters. The van der Waals surface area contributed by atoms with E-state index in [2.05, 4.69) is 34.1 Å². The van der Waals surface area contributed by atoms with Crippen LogP contribution in [0.1, 0.15) is 65.2 Å². The van der Waals surface area contributed by atoms with Crippen LogP contribution in [0.3, 0.4) is 0 Å². The third kappa shape index (κ3) is 7.24. The van der Waals surface area contributed by atoms with Crippen LogP contribution in [0.15, 0.2) is 11.1 Å². The zero-order valence-corrected chi connectivity index (χ0v) is 19.5. The van der Waals surface area contributed by atoms with Crippen LogP contribution in [0.2, 0.25) is 0 Å². The predicted molar refractivity (Wildman–Crippen MR) is 123 cm³/mol. The fourth-order valence-electron chi connectivity index (χ4n) is 3.88. The highest BCUT2D eigenvalue weighted by Crippen LogP contribution is 2.20. The lowest BCUT2D eigenvalue weighted by atomic mass is 10.0. The SMILES string of the molecule is CCCCCC(CC)NC(=O)C1CCCC(OCCOCn2cnc3c(=O)[nH]c(N)nc32)O1. The summed E-state index contributed by atoms with van der Waals surface area (Å²) in [5.74, 6) is -0.0199. The van der Waals surface area contributed by atoms with Crippen molar-refractivity contribution < 1.29 is 19.0 Å². The monoisotopic (exact) mass is 464 g/mol. The Morgan fingerprint density at radius 3 is 3.00 bits per heavy atom. The van der Waals surface area contributed by atoms with E-state index in [4.69, 9.17) is 19.9 Å². The Kier molecular flexibility index (Phi) is 9.64. The number of nitrogens with zero attached hydrogens (tertiary/aromatic N) is 3. The molecule has 3 heterocycles. The number of imidazole rings is 1. The van der Waals surface area contributed by atoms with Gasteiger partial charge in [0.05, 0.1) is 19.5 Å². The van der Waals surface area contributed by atoms with Gasteiger partial charge in [-0.2, -0.15) is 4.98 Å². The molecule has 1 saturated heterocycles. The zero-order valence-electron chi connectivity index (χ0n) is 19.5. The number of anilines is 1. The van der Waals surface area contributed by atoms with Crippen molar-refractivity contribution in [3.05, 3.63) is 16.7 Å². The van der Waals surface area contributed by atoms with Crippen LogP contribution in [0, 0.1) is 0 Å². The first kappa shape index (κ1) is 25.1. The highest BCUT2D eigenvalue weighted by atomic mass is 16.7. The van der Waals surface area contributed by atoms with Crippen LogP contribution in [-0.2, 0) is 25.7 Å². The number of hydrogen-bond donors (Lipinski definition) is 3. The quantitative estimate of drug-likeness (QED) is 0.382. The van der Waals surface area contributed by atoms with Gasteiger partial charge in [0.2, 0.25) is 11.9 Å². The van der Waals surface area contributed by atoms with Crippen LogP contribution in [0.4, 0.5) is 5.95 Å². The molecule has 3 unspecified atom stereocenters. The maximum absolute atomic E-state index is 12.6. The minimum Gasteiger partial charge on any atom is -0.369 e. The Labute approximate surface area is 193 Å². The van der Waals surface area contributed by atoms with E-state index in [0.29, 0.717) is 25.3 Å². The lowest BCUT2D eigenvalue weighted by Gasteiger charge is -2.30. The molecule has 0 radical (unpaired) electrons. The number of fused-ring (bicyclic) bond motifs is 1. The third-order valence-corrected chi connectivity index (χ3v) is 5.76. The summed E-state index contributed by atoms with van der Waals surface area (Å²) >= 11 is 0. The molecule has 33 heavy (non-hydrogen) atoms. The normalized spacial score (nSPS) is 19.6. The number of nitrogen functional groups attached to an aromatic ring is 1. The van der Waals surface area contributed by atoms with Gasteiger partial charge in [-0.05, 0) is 32.1 Å². The van der Waals surface area contributed by atoms with Crippen molar-refractivity contribution in [3.8, 4) is 0 Å². The van der Waals surface area contributed by atoms with Gasteiger partial charge in [0.25, 0.3) is 5.56 Å². The van der Waals surface area contributed by atoms with E-state index >= 15 is 0 Å². The summed E-state index contributed by atoms with van der Waals surface area (Å²) in [7, 11) is 0. The van der Waals surface area contributed by atoms with E-state index < -0.39 is 12.4 Å². The molecule has 1 aliphatic heterocycles. The maximum Gasteiger partial charge on any atom is 0.280 e. The van der Waals surface area contributed by atoms with E-state index in [0.717, 1.165) is 32.1 Å². The molecule has 1 fully saturated rings. The molecule has 4 N–H and O–H groups in total. The molecular formula is C22H36N6O5. The second-order valence-corrected chi connectivity index (χ2v) is 8.34. The van der Waals surface area contributed by atoms with E-state index in [-0.39, 0.29) is 35.7 Å². The molecule has 0 aliphatic carbocycles. The fraction of sp³-hybridized carbons (Fsp3) is 0.727. The molecule has 11 nitrogen and oxygen atoms in total. The first-order valence-corrected chi connectivity index (χ1v) is 11.9. The van der Waals surface area contributed by atoms with Crippen LogP contribution in [0.5, 0.6) is 0 Å². The Morgan fingerprint density at radius 2 is 2.21 bits per heavy atom. The summed E-state index contributed by atoms with van der Waals surface area (Å²) in [5, 5.41) is 3.14. The molecular weight excluding hydrogens is 428 g/mol. The fourth-order valence-corrected chi connectivity index (χ4v) is 3.88.